The van der Waals surface area contributed by atoms with Gasteiger partial charge in [0.2, 0.25) is 0 Å². The number of barbiturate groups is 1. The lowest BCUT2D eigenvalue weighted by Crippen LogP contribution is -2.54. The number of nitrogens with zero attached hydrogens (tertiary/aromatic N) is 1. The van der Waals surface area contributed by atoms with Crippen LogP contribution >= 0.6 is 27.5 Å². The first-order chi connectivity index (χ1) is 15.7. The van der Waals surface area contributed by atoms with Crippen LogP contribution in [-0.2, 0) is 16.0 Å². The van der Waals surface area contributed by atoms with E-state index in [0.29, 0.717) is 28.3 Å². The van der Waals surface area contributed by atoms with Crippen LogP contribution in [0.25, 0.3) is 6.08 Å². The highest BCUT2D eigenvalue weighted by atomic mass is 79.9. The van der Waals surface area contributed by atoms with Crippen LogP contribution in [0.15, 0.2) is 70.7 Å². The molecule has 1 aliphatic heterocycles. The molecule has 1 aliphatic rings. The van der Waals surface area contributed by atoms with Gasteiger partial charge in [-0.3, -0.25) is 14.9 Å². The Hall–Kier alpha value is -3.29. The SMILES string of the molecule is Cc1ccc(Cl)cc1N1C(=O)NC(=O)/C(=C\c2ccc(Cc3cccc(F)c3)c(Br)c2)C1=O. The average molecular weight is 528 g/mol. The van der Waals surface area contributed by atoms with E-state index < -0.39 is 17.8 Å². The van der Waals surface area contributed by atoms with Gasteiger partial charge in [-0.05, 0) is 72.0 Å². The molecule has 33 heavy (non-hydrogen) atoms. The molecule has 0 radical (unpaired) electrons. The van der Waals surface area contributed by atoms with Crippen molar-refractivity contribution < 1.29 is 18.8 Å². The number of rotatable bonds is 4. The molecule has 0 aromatic heterocycles. The molecule has 4 rings (SSSR count). The van der Waals surface area contributed by atoms with Crippen LogP contribution in [0.2, 0.25) is 5.02 Å². The number of amides is 4. The molecule has 1 saturated heterocycles. The van der Waals surface area contributed by atoms with E-state index in [2.05, 4.69) is 21.2 Å². The molecule has 1 heterocycles. The Labute approximate surface area is 203 Å². The standard InChI is InChI=1S/C25H17BrClFN2O3/c1-14-5-8-18(27)13-22(14)30-24(32)20(23(31)29-25(30)33)11-16-6-7-17(21(26)12-16)9-15-3-2-4-19(28)10-15/h2-8,10-13H,9H2,1H3,(H,29,31,33)/b20-11+. The van der Waals surface area contributed by atoms with E-state index in [1.807, 2.05) is 12.1 Å². The maximum atomic E-state index is 13.5. The second kappa shape index (κ2) is 9.29. The number of nitrogens with one attached hydrogen (secondary N) is 1. The van der Waals surface area contributed by atoms with E-state index in [4.69, 9.17) is 11.6 Å². The number of halogens is 3. The van der Waals surface area contributed by atoms with Crippen molar-refractivity contribution in [2.24, 2.45) is 0 Å². The van der Waals surface area contributed by atoms with E-state index in [1.54, 1.807) is 37.3 Å². The van der Waals surface area contributed by atoms with E-state index in [-0.39, 0.29) is 11.4 Å². The summed E-state index contributed by atoms with van der Waals surface area (Å²) >= 11 is 9.55. The Morgan fingerprint density at radius 2 is 1.85 bits per heavy atom. The van der Waals surface area contributed by atoms with Crippen molar-refractivity contribution in [3.8, 4) is 0 Å². The summed E-state index contributed by atoms with van der Waals surface area (Å²) in [5.74, 6) is -1.82. The number of benzene rings is 3. The molecular formula is C25H17BrClFN2O3. The lowest BCUT2D eigenvalue weighted by molar-refractivity contribution is -0.122. The molecule has 3 aromatic rings. The summed E-state index contributed by atoms with van der Waals surface area (Å²) in [6.45, 7) is 1.74. The van der Waals surface area contributed by atoms with Crippen molar-refractivity contribution in [3.05, 3.63) is 104 Å². The topological polar surface area (TPSA) is 66.5 Å². The van der Waals surface area contributed by atoms with Crippen LogP contribution in [-0.4, -0.2) is 17.8 Å². The Kier molecular flexibility index (Phi) is 6.44. The predicted molar refractivity (Wildman–Crippen MR) is 129 cm³/mol. The van der Waals surface area contributed by atoms with Crippen molar-refractivity contribution in [2.75, 3.05) is 4.90 Å². The van der Waals surface area contributed by atoms with Gasteiger partial charge in [0.1, 0.15) is 11.4 Å². The minimum atomic E-state index is -0.834. The van der Waals surface area contributed by atoms with Gasteiger partial charge in [0.15, 0.2) is 0 Å². The van der Waals surface area contributed by atoms with Crippen LogP contribution in [0.3, 0.4) is 0 Å². The summed E-state index contributed by atoms with van der Waals surface area (Å²) in [6.07, 6.45) is 1.93. The first kappa shape index (κ1) is 22.9. The summed E-state index contributed by atoms with van der Waals surface area (Å²) in [6, 6.07) is 15.7. The number of carbonyl (C=O) groups is 3. The van der Waals surface area contributed by atoms with Crippen molar-refractivity contribution >= 4 is 57.1 Å². The molecule has 1 fully saturated rings. The molecule has 0 spiro atoms. The van der Waals surface area contributed by atoms with E-state index in [0.717, 1.165) is 20.5 Å². The lowest BCUT2D eigenvalue weighted by Gasteiger charge is -2.27. The van der Waals surface area contributed by atoms with Crippen LogP contribution in [0.4, 0.5) is 14.9 Å². The zero-order valence-corrected chi connectivity index (χ0v) is 19.7. The van der Waals surface area contributed by atoms with Gasteiger partial charge in [0.05, 0.1) is 5.69 Å². The van der Waals surface area contributed by atoms with Crippen LogP contribution in [0.5, 0.6) is 0 Å². The Morgan fingerprint density at radius 3 is 2.58 bits per heavy atom. The summed E-state index contributed by atoms with van der Waals surface area (Å²) in [5.41, 5.74) is 3.08. The van der Waals surface area contributed by atoms with Gasteiger partial charge in [-0.1, -0.05) is 57.9 Å². The quantitative estimate of drug-likeness (QED) is 0.344. The summed E-state index contributed by atoms with van der Waals surface area (Å²) < 4.78 is 14.2. The van der Waals surface area contributed by atoms with Gasteiger partial charge in [-0.15, -0.1) is 0 Å². The molecule has 5 nitrogen and oxygen atoms in total. The first-order valence-corrected chi connectivity index (χ1v) is 11.1. The van der Waals surface area contributed by atoms with E-state index in [9.17, 15) is 18.8 Å². The highest BCUT2D eigenvalue weighted by molar-refractivity contribution is 9.10. The minimum Gasteiger partial charge on any atom is -0.273 e. The third-order valence-electron chi connectivity index (χ3n) is 5.19. The molecule has 3 aromatic carbocycles. The van der Waals surface area contributed by atoms with Gasteiger partial charge >= 0.3 is 6.03 Å². The van der Waals surface area contributed by atoms with Gasteiger partial charge in [-0.2, -0.15) is 0 Å². The fourth-order valence-corrected chi connectivity index (χ4v) is 4.23. The van der Waals surface area contributed by atoms with Crippen LogP contribution in [0.1, 0.15) is 22.3 Å². The van der Waals surface area contributed by atoms with Crippen LogP contribution < -0.4 is 10.2 Å². The third kappa shape index (κ3) is 4.89. The number of urea groups is 1. The number of anilines is 1. The number of hydrogen-bond acceptors (Lipinski definition) is 3. The molecule has 0 unspecified atom stereocenters. The fourth-order valence-electron chi connectivity index (χ4n) is 3.53. The maximum absolute atomic E-state index is 13.5. The largest absolute Gasteiger partial charge is 0.335 e. The number of carbonyl (C=O) groups excluding carboxylic acids is 3. The summed E-state index contributed by atoms with van der Waals surface area (Å²) in [5, 5.41) is 2.57. The van der Waals surface area contributed by atoms with Gasteiger partial charge in [0, 0.05) is 9.50 Å². The highest BCUT2D eigenvalue weighted by Crippen LogP contribution is 2.29. The zero-order chi connectivity index (χ0) is 23.7. The normalized spacial score (nSPS) is 15.2. The molecule has 0 bridgehead atoms. The van der Waals surface area contributed by atoms with Crippen molar-refractivity contribution in [1.29, 1.82) is 0 Å². The fraction of sp³-hybridized carbons (Fsp3) is 0.0800. The third-order valence-corrected chi connectivity index (χ3v) is 6.16. The smallest absolute Gasteiger partial charge is 0.273 e. The van der Waals surface area contributed by atoms with Gasteiger partial charge in [-0.25, -0.2) is 14.1 Å². The number of aryl methyl sites for hydroxylation is 1. The second-order valence-electron chi connectivity index (χ2n) is 7.55. The van der Waals surface area contributed by atoms with Crippen LogP contribution in [0, 0.1) is 12.7 Å². The Morgan fingerprint density at radius 1 is 1.06 bits per heavy atom. The van der Waals surface area contributed by atoms with Gasteiger partial charge < -0.3 is 0 Å². The molecule has 0 saturated carbocycles. The highest BCUT2D eigenvalue weighted by Gasteiger charge is 2.37. The molecule has 0 atom stereocenters. The number of imide groups is 2. The van der Waals surface area contributed by atoms with Gasteiger partial charge in [0.25, 0.3) is 11.8 Å². The molecule has 1 N–H and O–H groups in total. The summed E-state index contributed by atoms with van der Waals surface area (Å²) in [4.78, 5) is 38.9. The predicted octanol–water partition coefficient (Wildman–Crippen LogP) is 5.81. The molecule has 166 valence electrons. The summed E-state index contributed by atoms with van der Waals surface area (Å²) in [7, 11) is 0. The Bertz CT molecular complexity index is 1340. The van der Waals surface area contributed by atoms with Crippen molar-refractivity contribution in [3.63, 3.8) is 0 Å². The monoisotopic (exact) mass is 526 g/mol. The number of hydrogen-bond donors (Lipinski definition) is 1. The Balaban J connectivity index is 1.65. The lowest BCUT2D eigenvalue weighted by atomic mass is 10.0. The van der Waals surface area contributed by atoms with Crippen molar-refractivity contribution in [2.45, 2.75) is 13.3 Å². The van der Waals surface area contributed by atoms with Crippen molar-refractivity contribution in [1.82, 2.24) is 5.32 Å². The molecule has 8 heteroatoms. The average Bonchev–Trinajstić information content (AvgIpc) is 2.75. The molecule has 0 aliphatic carbocycles. The first-order valence-electron chi connectivity index (χ1n) is 9.93. The molecular weight excluding hydrogens is 511 g/mol. The van der Waals surface area contributed by atoms with E-state index >= 15 is 0 Å². The second-order valence-corrected chi connectivity index (χ2v) is 8.84. The molecule has 4 amide bonds. The minimum absolute atomic E-state index is 0.182. The van der Waals surface area contributed by atoms with E-state index in [1.165, 1.54) is 24.3 Å². The maximum Gasteiger partial charge on any atom is 0.335 e. The zero-order valence-electron chi connectivity index (χ0n) is 17.4.